The second-order valence-corrected chi connectivity index (χ2v) is 6.58. The first kappa shape index (κ1) is 15.8. The number of aryl methyl sites for hydroxylation is 1. The van der Waals surface area contributed by atoms with E-state index in [1.165, 1.54) is 5.69 Å². The summed E-state index contributed by atoms with van der Waals surface area (Å²) in [5, 5.41) is 8.08. The minimum atomic E-state index is 0.271. The molecular formula is C18H27N3. The minimum absolute atomic E-state index is 0.271. The first-order valence-corrected chi connectivity index (χ1v) is 7.84. The van der Waals surface area contributed by atoms with Crippen LogP contribution in [0, 0.1) is 5.41 Å². The Morgan fingerprint density at radius 3 is 2.48 bits per heavy atom. The Kier molecular flexibility index (Phi) is 5.18. The molecule has 1 unspecified atom stereocenters. The van der Waals surface area contributed by atoms with Crippen molar-refractivity contribution in [1.29, 1.82) is 0 Å². The lowest BCUT2D eigenvalue weighted by Gasteiger charge is -2.31. The van der Waals surface area contributed by atoms with E-state index in [0.29, 0.717) is 6.04 Å². The van der Waals surface area contributed by atoms with Crippen LogP contribution in [0.3, 0.4) is 0 Å². The summed E-state index contributed by atoms with van der Waals surface area (Å²) in [4.78, 5) is 0. The molecule has 1 N–H and O–H groups in total. The number of hydrogen-bond acceptors (Lipinski definition) is 2. The van der Waals surface area contributed by atoms with Crippen LogP contribution in [0.15, 0.2) is 42.6 Å². The highest BCUT2D eigenvalue weighted by Gasteiger charge is 2.23. The highest BCUT2D eigenvalue weighted by Crippen LogP contribution is 2.23. The van der Waals surface area contributed by atoms with E-state index >= 15 is 0 Å². The first-order chi connectivity index (χ1) is 10.0. The van der Waals surface area contributed by atoms with Gasteiger partial charge in [-0.05, 0) is 43.0 Å². The van der Waals surface area contributed by atoms with E-state index in [1.54, 1.807) is 0 Å². The molecule has 0 radical (unpaired) electrons. The standard InChI is InChI=1S/C18H27N3/c1-5-19-17(18(2,3)4)12-11-16-13-14-20-21(16)15-9-7-6-8-10-15/h6-10,13-14,17,19H,5,11-12H2,1-4H3. The summed E-state index contributed by atoms with van der Waals surface area (Å²) in [5.74, 6) is 0. The summed E-state index contributed by atoms with van der Waals surface area (Å²) in [6.07, 6.45) is 4.04. The molecule has 0 aliphatic heterocycles. The van der Waals surface area contributed by atoms with E-state index in [4.69, 9.17) is 0 Å². The van der Waals surface area contributed by atoms with Gasteiger partial charge < -0.3 is 5.32 Å². The molecule has 114 valence electrons. The maximum absolute atomic E-state index is 4.47. The lowest BCUT2D eigenvalue weighted by atomic mass is 9.83. The fourth-order valence-electron chi connectivity index (χ4n) is 2.70. The molecule has 3 heteroatoms. The molecule has 1 atom stereocenters. The molecule has 21 heavy (non-hydrogen) atoms. The lowest BCUT2D eigenvalue weighted by molar-refractivity contribution is 0.257. The van der Waals surface area contributed by atoms with Gasteiger partial charge in [0.05, 0.1) is 5.69 Å². The van der Waals surface area contributed by atoms with Crippen LogP contribution in [0.5, 0.6) is 0 Å². The molecule has 0 fully saturated rings. The van der Waals surface area contributed by atoms with Gasteiger partial charge in [-0.1, -0.05) is 45.9 Å². The molecule has 3 nitrogen and oxygen atoms in total. The third-order valence-corrected chi connectivity index (χ3v) is 3.91. The van der Waals surface area contributed by atoms with E-state index in [2.05, 4.69) is 68.4 Å². The van der Waals surface area contributed by atoms with Crippen molar-refractivity contribution in [2.45, 2.75) is 46.6 Å². The molecule has 1 aromatic carbocycles. The normalized spacial score (nSPS) is 13.3. The quantitative estimate of drug-likeness (QED) is 0.874. The number of rotatable bonds is 6. The van der Waals surface area contributed by atoms with Crippen molar-refractivity contribution < 1.29 is 0 Å². The Labute approximate surface area is 128 Å². The van der Waals surface area contributed by atoms with Crippen molar-refractivity contribution >= 4 is 0 Å². The average molecular weight is 285 g/mol. The van der Waals surface area contributed by atoms with Crippen LogP contribution in [-0.4, -0.2) is 22.4 Å². The van der Waals surface area contributed by atoms with Crippen molar-refractivity contribution in [3.63, 3.8) is 0 Å². The highest BCUT2D eigenvalue weighted by molar-refractivity contribution is 5.32. The van der Waals surface area contributed by atoms with E-state index < -0.39 is 0 Å². The molecule has 1 heterocycles. The van der Waals surface area contributed by atoms with Gasteiger partial charge in [0.25, 0.3) is 0 Å². The van der Waals surface area contributed by atoms with Gasteiger partial charge in [0.1, 0.15) is 0 Å². The summed E-state index contributed by atoms with van der Waals surface area (Å²) >= 11 is 0. The second kappa shape index (κ2) is 6.90. The Bertz CT molecular complexity index is 537. The number of aromatic nitrogens is 2. The Morgan fingerprint density at radius 2 is 1.86 bits per heavy atom. The van der Waals surface area contributed by atoms with Gasteiger partial charge in [-0.2, -0.15) is 5.10 Å². The minimum Gasteiger partial charge on any atom is -0.314 e. The zero-order chi connectivity index (χ0) is 15.3. The van der Waals surface area contributed by atoms with E-state index in [0.717, 1.165) is 25.1 Å². The van der Waals surface area contributed by atoms with Crippen molar-refractivity contribution in [2.24, 2.45) is 5.41 Å². The molecule has 0 spiro atoms. The molecule has 2 aromatic rings. The predicted molar refractivity (Wildman–Crippen MR) is 88.8 cm³/mol. The van der Waals surface area contributed by atoms with E-state index in [9.17, 15) is 0 Å². The molecule has 0 saturated carbocycles. The molecule has 0 aliphatic carbocycles. The summed E-state index contributed by atoms with van der Waals surface area (Å²) < 4.78 is 2.05. The van der Waals surface area contributed by atoms with E-state index in [-0.39, 0.29) is 5.41 Å². The summed E-state index contributed by atoms with van der Waals surface area (Å²) in [7, 11) is 0. The molecule has 0 bridgehead atoms. The Morgan fingerprint density at radius 1 is 1.14 bits per heavy atom. The maximum atomic E-state index is 4.47. The highest BCUT2D eigenvalue weighted by atomic mass is 15.3. The first-order valence-electron chi connectivity index (χ1n) is 7.84. The molecule has 0 aliphatic rings. The van der Waals surface area contributed by atoms with Crippen LogP contribution >= 0.6 is 0 Å². The summed E-state index contributed by atoms with van der Waals surface area (Å²) in [5.41, 5.74) is 2.68. The maximum Gasteiger partial charge on any atom is 0.0648 e. The molecular weight excluding hydrogens is 258 g/mol. The topological polar surface area (TPSA) is 29.9 Å². The van der Waals surface area contributed by atoms with Crippen molar-refractivity contribution in [3.05, 3.63) is 48.3 Å². The second-order valence-electron chi connectivity index (χ2n) is 6.58. The fourth-order valence-corrected chi connectivity index (χ4v) is 2.70. The molecule has 0 amide bonds. The molecule has 2 rings (SSSR count). The zero-order valence-corrected chi connectivity index (χ0v) is 13.6. The molecule has 1 aromatic heterocycles. The van der Waals surface area contributed by atoms with Crippen LogP contribution in [0.4, 0.5) is 0 Å². The third kappa shape index (κ3) is 4.18. The van der Waals surface area contributed by atoms with Gasteiger partial charge >= 0.3 is 0 Å². The Hall–Kier alpha value is -1.61. The monoisotopic (exact) mass is 285 g/mol. The number of nitrogens with one attached hydrogen (secondary N) is 1. The van der Waals surface area contributed by atoms with Crippen LogP contribution in [0.2, 0.25) is 0 Å². The van der Waals surface area contributed by atoms with Gasteiger partial charge in [-0.3, -0.25) is 0 Å². The largest absolute Gasteiger partial charge is 0.314 e. The van der Waals surface area contributed by atoms with E-state index in [1.807, 2.05) is 16.9 Å². The summed E-state index contributed by atoms with van der Waals surface area (Å²) in [6.45, 7) is 10.1. The fraction of sp³-hybridized carbons (Fsp3) is 0.500. The van der Waals surface area contributed by atoms with Gasteiger partial charge in [-0.25, -0.2) is 4.68 Å². The van der Waals surface area contributed by atoms with Gasteiger partial charge in [-0.15, -0.1) is 0 Å². The Balaban J connectivity index is 2.09. The SMILES string of the molecule is CCNC(CCc1ccnn1-c1ccccc1)C(C)(C)C. The van der Waals surface area contributed by atoms with Gasteiger partial charge in [0.15, 0.2) is 0 Å². The van der Waals surface area contributed by atoms with Crippen LogP contribution in [0.1, 0.15) is 39.8 Å². The number of nitrogens with zero attached hydrogens (tertiary/aromatic N) is 2. The zero-order valence-electron chi connectivity index (χ0n) is 13.6. The average Bonchev–Trinajstić information content (AvgIpc) is 2.91. The van der Waals surface area contributed by atoms with Crippen LogP contribution < -0.4 is 5.32 Å². The van der Waals surface area contributed by atoms with Crippen molar-refractivity contribution in [3.8, 4) is 5.69 Å². The van der Waals surface area contributed by atoms with Crippen LogP contribution in [-0.2, 0) is 6.42 Å². The predicted octanol–water partition coefficient (Wildman–Crippen LogP) is 3.83. The smallest absolute Gasteiger partial charge is 0.0648 e. The summed E-state index contributed by atoms with van der Waals surface area (Å²) in [6, 6.07) is 13.0. The van der Waals surface area contributed by atoms with Crippen molar-refractivity contribution in [2.75, 3.05) is 6.54 Å². The van der Waals surface area contributed by atoms with Gasteiger partial charge in [0, 0.05) is 17.9 Å². The third-order valence-electron chi connectivity index (χ3n) is 3.91. The van der Waals surface area contributed by atoms with Crippen LogP contribution in [0.25, 0.3) is 5.69 Å². The van der Waals surface area contributed by atoms with Crippen molar-refractivity contribution in [1.82, 2.24) is 15.1 Å². The molecule has 0 saturated heterocycles. The lowest BCUT2D eigenvalue weighted by Crippen LogP contribution is -2.40. The number of hydrogen-bond donors (Lipinski definition) is 1. The number of para-hydroxylation sites is 1. The van der Waals surface area contributed by atoms with Gasteiger partial charge in [0.2, 0.25) is 0 Å². The number of benzene rings is 1.